The third-order valence-corrected chi connectivity index (χ3v) is 5.07. The maximum absolute atomic E-state index is 11.3. The fourth-order valence-electron chi connectivity index (χ4n) is 2.52. The van der Waals surface area contributed by atoms with Gasteiger partial charge in [0.25, 0.3) is 0 Å². The number of hydrogen-bond acceptors (Lipinski definition) is 7. The monoisotopic (exact) mass is 415 g/mol. The molecular weight excluding hydrogens is 402 g/mol. The minimum Gasteiger partial charge on any atom is -0.345 e. The van der Waals surface area contributed by atoms with Crippen LogP contribution in [0.1, 0.15) is 0 Å². The van der Waals surface area contributed by atoms with Crippen LogP contribution >= 0.6 is 11.6 Å². The van der Waals surface area contributed by atoms with Gasteiger partial charge in [0.15, 0.2) is 5.82 Å². The van der Waals surface area contributed by atoms with Crippen LogP contribution in [0.15, 0.2) is 59.9 Å². The quantitative estimate of drug-likeness (QED) is 0.392. The van der Waals surface area contributed by atoms with Crippen molar-refractivity contribution in [2.75, 3.05) is 10.6 Å². The van der Waals surface area contributed by atoms with Gasteiger partial charge in [-0.15, -0.1) is 0 Å². The molecular formula is C17H14ClN7O2S. The van der Waals surface area contributed by atoms with Crippen LogP contribution in [0.4, 0.5) is 23.1 Å². The highest BCUT2D eigenvalue weighted by Gasteiger charge is 2.09. The first-order chi connectivity index (χ1) is 13.4. The molecule has 0 spiro atoms. The Hall–Kier alpha value is -3.21. The lowest BCUT2D eigenvalue weighted by Crippen LogP contribution is -2.11. The van der Waals surface area contributed by atoms with Gasteiger partial charge in [0, 0.05) is 11.4 Å². The number of nitrogens with one attached hydrogen (secondary N) is 3. The van der Waals surface area contributed by atoms with Crippen LogP contribution in [0.5, 0.6) is 0 Å². The molecule has 0 aliphatic carbocycles. The van der Waals surface area contributed by atoms with Crippen molar-refractivity contribution in [1.82, 2.24) is 19.9 Å². The molecule has 0 aliphatic heterocycles. The summed E-state index contributed by atoms with van der Waals surface area (Å²) in [6.07, 6.45) is 3.09. The number of primary sulfonamides is 1. The van der Waals surface area contributed by atoms with Crippen LogP contribution < -0.4 is 15.8 Å². The van der Waals surface area contributed by atoms with E-state index >= 15 is 0 Å². The largest absolute Gasteiger partial charge is 0.345 e. The molecule has 0 atom stereocenters. The number of nitrogens with zero attached hydrogens (tertiary/aromatic N) is 3. The Bertz CT molecular complexity index is 1260. The Morgan fingerprint density at radius 3 is 2.50 bits per heavy atom. The van der Waals surface area contributed by atoms with Crippen molar-refractivity contribution in [3.63, 3.8) is 0 Å². The molecule has 0 fully saturated rings. The first-order valence-electron chi connectivity index (χ1n) is 8.01. The smallest absolute Gasteiger partial charge is 0.238 e. The van der Waals surface area contributed by atoms with Crippen molar-refractivity contribution in [2.24, 2.45) is 5.14 Å². The Kier molecular flexibility index (Phi) is 4.59. The number of aromatic nitrogens is 4. The van der Waals surface area contributed by atoms with E-state index in [1.807, 2.05) is 18.2 Å². The fourth-order valence-corrected chi connectivity index (χ4v) is 3.18. The molecule has 0 aliphatic rings. The molecule has 11 heteroatoms. The molecule has 0 bridgehead atoms. The molecule has 0 saturated heterocycles. The third kappa shape index (κ3) is 3.88. The zero-order valence-electron chi connectivity index (χ0n) is 14.2. The van der Waals surface area contributed by atoms with E-state index in [-0.39, 0.29) is 10.8 Å². The third-order valence-electron chi connectivity index (χ3n) is 3.87. The van der Waals surface area contributed by atoms with E-state index in [4.69, 9.17) is 16.7 Å². The highest BCUT2D eigenvalue weighted by atomic mass is 35.5. The number of sulfonamides is 1. The number of anilines is 4. The summed E-state index contributed by atoms with van der Waals surface area (Å²) in [5.74, 6) is 0.706. The Balaban J connectivity index is 1.56. The summed E-state index contributed by atoms with van der Waals surface area (Å²) in [7, 11) is -3.74. The van der Waals surface area contributed by atoms with E-state index in [0.29, 0.717) is 16.5 Å². The second-order valence-corrected chi connectivity index (χ2v) is 7.81. The van der Waals surface area contributed by atoms with E-state index in [1.165, 1.54) is 18.3 Å². The number of imidazole rings is 1. The number of nitrogens with two attached hydrogens (primary N) is 1. The van der Waals surface area contributed by atoms with Crippen molar-refractivity contribution >= 4 is 55.8 Å². The first kappa shape index (κ1) is 18.2. The number of hydrogen-bond donors (Lipinski definition) is 4. The molecule has 142 valence electrons. The van der Waals surface area contributed by atoms with Crippen LogP contribution in [0, 0.1) is 0 Å². The van der Waals surface area contributed by atoms with Gasteiger partial charge < -0.3 is 15.6 Å². The molecule has 0 saturated carbocycles. The second kappa shape index (κ2) is 7.08. The predicted octanol–water partition coefficient (Wildman–Crippen LogP) is 3.14. The number of fused-ring (bicyclic) bond motifs is 1. The Morgan fingerprint density at radius 1 is 1.00 bits per heavy atom. The molecule has 2 heterocycles. The van der Waals surface area contributed by atoms with E-state index < -0.39 is 10.0 Å². The van der Waals surface area contributed by atoms with E-state index in [1.54, 1.807) is 18.5 Å². The summed E-state index contributed by atoms with van der Waals surface area (Å²) < 4.78 is 22.7. The average molecular weight is 416 g/mol. The molecule has 9 nitrogen and oxygen atoms in total. The van der Waals surface area contributed by atoms with Gasteiger partial charge in [-0.1, -0.05) is 11.6 Å². The SMILES string of the molecule is NS(=O)(=O)c1ccc(Nc2ncc(Cl)c(Nc3ccc4nc[nH]c4c3)n2)cc1. The van der Waals surface area contributed by atoms with Crippen molar-refractivity contribution in [1.29, 1.82) is 0 Å². The van der Waals surface area contributed by atoms with E-state index in [9.17, 15) is 8.42 Å². The van der Waals surface area contributed by atoms with Crippen molar-refractivity contribution < 1.29 is 8.42 Å². The molecule has 0 amide bonds. The molecule has 5 N–H and O–H groups in total. The number of rotatable bonds is 5. The minimum atomic E-state index is -3.74. The number of aromatic amines is 1. The highest BCUT2D eigenvalue weighted by Crippen LogP contribution is 2.26. The number of H-pyrrole nitrogens is 1. The molecule has 4 rings (SSSR count). The Morgan fingerprint density at radius 2 is 1.75 bits per heavy atom. The summed E-state index contributed by atoms with van der Waals surface area (Å²) >= 11 is 6.20. The van der Waals surface area contributed by atoms with Crippen LogP contribution in [0.2, 0.25) is 5.02 Å². The van der Waals surface area contributed by atoms with Crippen molar-refractivity contribution in [3.8, 4) is 0 Å². The standard InChI is InChI=1S/C17H14ClN7O2S/c18-13-8-20-17(24-10-1-4-12(5-2-10)28(19,26)27)25-16(13)23-11-3-6-14-15(7-11)22-9-21-14/h1-9H,(H,21,22)(H2,19,26,27)(H2,20,23,24,25). The summed E-state index contributed by atoms with van der Waals surface area (Å²) in [6.45, 7) is 0. The topological polar surface area (TPSA) is 139 Å². The number of benzene rings is 2. The van der Waals surface area contributed by atoms with Gasteiger partial charge in [-0.05, 0) is 42.5 Å². The summed E-state index contributed by atoms with van der Waals surface area (Å²) in [5.41, 5.74) is 3.11. The average Bonchev–Trinajstić information content (AvgIpc) is 3.12. The molecule has 4 aromatic rings. The van der Waals surface area contributed by atoms with Gasteiger partial charge in [0.2, 0.25) is 16.0 Å². The summed E-state index contributed by atoms with van der Waals surface area (Å²) in [5, 5.41) is 11.6. The van der Waals surface area contributed by atoms with E-state index in [2.05, 4.69) is 30.6 Å². The van der Waals surface area contributed by atoms with Gasteiger partial charge in [-0.2, -0.15) is 4.98 Å². The lowest BCUT2D eigenvalue weighted by Gasteiger charge is -2.10. The lowest BCUT2D eigenvalue weighted by molar-refractivity contribution is 0.598. The predicted molar refractivity (Wildman–Crippen MR) is 108 cm³/mol. The maximum atomic E-state index is 11.3. The second-order valence-electron chi connectivity index (χ2n) is 5.84. The zero-order chi connectivity index (χ0) is 19.7. The molecule has 2 aromatic carbocycles. The van der Waals surface area contributed by atoms with Gasteiger partial charge in [0.05, 0.1) is 28.5 Å². The maximum Gasteiger partial charge on any atom is 0.238 e. The molecule has 2 aromatic heterocycles. The normalized spacial score (nSPS) is 11.5. The highest BCUT2D eigenvalue weighted by molar-refractivity contribution is 7.89. The molecule has 0 unspecified atom stereocenters. The molecule has 28 heavy (non-hydrogen) atoms. The van der Waals surface area contributed by atoms with Crippen LogP contribution in [0.3, 0.4) is 0 Å². The first-order valence-corrected chi connectivity index (χ1v) is 9.93. The van der Waals surface area contributed by atoms with Crippen molar-refractivity contribution in [2.45, 2.75) is 4.90 Å². The van der Waals surface area contributed by atoms with Gasteiger partial charge >= 0.3 is 0 Å². The van der Waals surface area contributed by atoms with Crippen LogP contribution in [-0.4, -0.2) is 28.4 Å². The Labute approximate surface area is 165 Å². The zero-order valence-corrected chi connectivity index (χ0v) is 15.8. The van der Waals surface area contributed by atoms with Gasteiger partial charge in [-0.3, -0.25) is 0 Å². The summed E-state index contributed by atoms with van der Waals surface area (Å²) in [4.78, 5) is 15.7. The van der Waals surface area contributed by atoms with Crippen LogP contribution in [-0.2, 0) is 10.0 Å². The van der Waals surface area contributed by atoms with Crippen LogP contribution in [0.25, 0.3) is 11.0 Å². The van der Waals surface area contributed by atoms with E-state index in [0.717, 1.165) is 16.7 Å². The molecule has 0 radical (unpaired) electrons. The van der Waals surface area contributed by atoms with Gasteiger partial charge in [-0.25, -0.2) is 23.5 Å². The minimum absolute atomic E-state index is 0.0200. The number of halogens is 1. The summed E-state index contributed by atoms with van der Waals surface area (Å²) in [6, 6.07) is 11.5. The fraction of sp³-hybridized carbons (Fsp3) is 0. The van der Waals surface area contributed by atoms with Gasteiger partial charge in [0.1, 0.15) is 5.02 Å². The van der Waals surface area contributed by atoms with Crippen molar-refractivity contribution in [3.05, 3.63) is 60.0 Å². The lowest BCUT2D eigenvalue weighted by atomic mass is 10.3.